The first kappa shape index (κ1) is 20.1. The van der Waals surface area contributed by atoms with Gasteiger partial charge in [-0.25, -0.2) is 14.8 Å². The number of urea groups is 1. The molecule has 3 heterocycles. The molecular formula is C22H26N6O2. The third-order valence-corrected chi connectivity index (χ3v) is 5.31. The molecule has 4 rings (SSSR count). The Kier molecular flexibility index (Phi) is 5.78. The average Bonchev–Trinajstić information content (AvgIpc) is 2.69. The number of fused-ring (bicyclic) bond motifs is 1. The number of likely N-dealkylation sites (tertiary alicyclic amines) is 1. The molecule has 1 aliphatic rings. The molecule has 156 valence electrons. The van der Waals surface area contributed by atoms with Gasteiger partial charge in [-0.3, -0.25) is 10.2 Å². The molecule has 0 spiro atoms. The van der Waals surface area contributed by atoms with Crippen molar-refractivity contribution in [1.29, 1.82) is 0 Å². The Hall–Kier alpha value is -3.23. The maximum atomic E-state index is 12.3. The molecule has 2 amide bonds. The van der Waals surface area contributed by atoms with Crippen molar-refractivity contribution in [2.45, 2.75) is 13.0 Å². The van der Waals surface area contributed by atoms with E-state index in [0.717, 1.165) is 47.2 Å². The van der Waals surface area contributed by atoms with Crippen LogP contribution in [0.4, 0.5) is 16.4 Å². The molecule has 30 heavy (non-hydrogen) atoms. The van der Waals surface area contributed by atoms with E-state index in [-0.39, 0.29) is 12.1 Å². The van der Waals surface area contributed by atoms with Crippen LogP contribution in [0.2, 0.25) is 0 Å². The number of aromatic nitrogens is 2. The summed E-state index contributed by atoms with van der Waals surface area (Å²) < 4.78 is 5.07. The zero-order valence-electron chi connectivity index (χ0n) is 17.2. The zero-order valence-corrected chi connectivity index (χ0v) is 17.2. The molecule has 0 unspecified atom stereocenters. The van der Waals surface area contributed by atoms with Crippen LogP contribution >= 0.6 is 0 Å². The van der Waals surface area contributed by atoms with Gasteiger partial charge in [0.2, 0.25) is 0 Å². The van der Waals surface area contributed by atoms with Gasteiger partial charge in [-0.05, 0) is 30.0 Å². The molecule has 0 saturated carbocycles. The normalized spacial score (nSPS) is 14.5. The number of hydrogen-bond donors (Lipinski definition) is 3. The van der Waals surface area contributed by atoms with E-state index >= 15 is 0 Å². The van der Waals surface area contributed by atoms with Crippen molar-refractivity contribution in [3.05, 3.63) is 48.2 Å². The van der Waals surface area contributed by atoms with Crippen LogP contribution in [0.1, 0.15) is 5.56 Å². The molecule has 1 saturated heterocycles. The molecule has 4 N–H and O–H groups in total. The molecule has 3 aromatic rings. The number of nitrogens with two attached hydrogens (primary N) is 1. The standard InChI is InChI=1S/C22H26N6O2/c1-14-5-3-4-6-17(14)19-9-15-10-20(24-11-18(15)21(23)26-19)27-22(29)25-16-12-28(13-16)7-8-30-2/h3-6,9-11,16H,7-8,12-13H2,1-2H3,(H2,23,26)(H2,24,25,27,29). The van der Waals surface area contributed by atoms with E-state index in [4.69, 9.17) is 10.5 Å². The molecule has 0 bridgehead atoms. The molecule has 1 aliphatic heterocycles. The molecule has 0 aliphatic carbocycles. The van der Waals surface area contributed by atoms with Crippen LogP contribution in [0, 0.1) is 6.92 Å². The van der Waals surface area contributed by atoms with Crippen LogP contribution in [-0.2, 0) is 4.74 Å². The Morgan fingerprint density at radius 3 is 2.87 bits per heavy atom. The number of nitrogen functional groups attached to an aromatic ring is 1. The summed E-state index contributed by atoms with van der Waals surface area (Å²) in [5, 5.41) is 7.41. The van der Waals surface area contributed by atoms with Crippen LogP contribution in [0.15, 0.2) is 42.6 Å². The van der Waals surface area contributed by atoms with E-state index in [9.17, 15) is 4.79 Å². The summed E-state index contributed by atoms with van der Waals surface area (Å²) in [7, 11) is 1.69. The lowest BCUT2D eigenvalue weighted by Crippen LogP contribution is -2.60. The third-order valence-electron chi connectivity index (χ3n) is 5.31. The molecule has 1 aromatic carbocycles. The van der Waals surface area contributed by atoms with E-state index in [1.807, 2.05) is 43.3 Å². The minimum Gasteiger partial charge on any atom is -0.383 e. The number of ether oxygens (including phenoxy) is 1. The van der Waals surface area contributed by atoms with Gasteiger partial charge in [0.15, 0.2) is 0 Å². The fourth-order valence-corrected chi connectivity index (χ4v) is 3.64. The van der Waals surface area contributed by atoms with E-state index in [1.165, 1.54) is 0 Å². The number of anilines is 2. The summed E-state index contributed by atoms with van der Waals surface area (Å²) in [6.07, 6.45) is 1.64. The second-order valence-corrected chi connectivity index (χ2v) is 7.55. The lowest BCUT2D eigenvalue weighted by atomic mass is 10.0. The Balaban J connectivity index is 1.46. The first-order valence-corrected chi connectivity index (χ1v) is 9.94. The number of hydrogen-bond acceptors (Lipinski definition) is 6. The maximum absolute atomic E-state index is 12.3. The highest BCUT2D eigenvalue weighted by Gasteiger charge is 2.27. The second-order valence-electron chi connectivity index (χ2n) is 7.55. The SMILES string of the molecule is COCCN1CC(NC(=O)Nc2cc3cc(-c4ccccc4C)nc(N)c3cn2)C1. The van der Waals surface area contributed by atoms with E-state index in [0.29, 0.717) is 18.2 Å². The van der Waals surface area contributed by atoms with Crippen molar-refractivity contribution >= 4 is 28.4 Å². The van der Waals surface area contributed by atoms with Gasteiger partial charge in [0.1, 0.15) is 11.6 Å². The minimum absolute atomic E-state index is 0.134. The number of nitrogens with one attached hydrogen (secondary N) is 2. The van der Waals surface area contributed by atoms with E-state index < -0.39 is 0 Å². The van der Waals surface area contributed by atoms with Gasteiger partial charge in [-0.2, -0.15) is 0 Å². The average molecular weight is 406 g/mol. The lowest BCUT2D eigenvalue weighted by molar-refractivity contribution is 0.0867. The van der Waals surface area contributed by atoms with E-state index in [1.54, 1.807) is 13.3 Å². The Morgan fingerprint density at radius 1 is 1.30 bits per heavy atom. The van der Waals surface area contributed by atoms with Crippen molar-refractivity contribution < 1.29 is 9.53 Å². The van der Waals surface area contributed by atoms with Crippen LogP contribution in [0.25, 0.3) is 22.0 Å². The predicted octanol–water partition coefficient (Wildman–Crippen LogP) is 2.64. The summed E-state index contributed by atoms with van der Waals surface area (Å²) in [6, 6.07) is 11.7. The summed E-state index contributed by atoms with van der Waals surface area (Å²) in [4.78, 5) is 23.4. The summed E-state index contributed by atoms with van der Waals surface area (Å²) in [5.74, 6) is 0.886. The molecule has 0 atom stereocenters. The Labute approximate surface area is 175 Å². The van der Waals surface area contributed by atoms with Crippen molar-refractivity contribution in [3.8, 4) is 11.3 Å². The molecule has 8 nitrogen and oxygen atoms in total. The smallest absolute Gasteiger partial charge is 0.320 e. The molecule has 2 aromatic heterocycles. The van der Waals surface area contributed by atoms with Crippen molar-refractivity contribution in [2.75, 3.05) is 44.4 Å². The van der Waals surface area contributed by atoms with Gasteiger partial charge in [-0.1, -0.05) is 24.3 Å². The summed E-state index contributed by atoms with van der Waals surface area (Å²) in [6.45, 7) is 5.26. The predicted molar refractivity (Wildman–Crippen MR) is 118 cm³/mol. The van der Waals surface area contributed by atoms with Crippen molar-refractivity contribution in [2.24, 2.45) is 0 Å². The highest BCUT2D eigenvalue weighted by Crippen LogP contribution is 2.28. The number of rotatable bonds is 6. The zero-order chi connectivity index (χ0) is 21.1. The minimum atomic E-state index is -0.264. The van der Waals surface area contributed by atoms with Crippen LogP contribution < -0.4 is 16.4 Å². The second kappa shape index (κ2) is 8.64. The van der Waals surface area contributed by atoms with Gasteiger partial charge in [0.05, 0.1) is 18.3 Å². The number of methoxy groups -OCH3 is 1. The maximum Gasteiger partial charge on any atom is 0.320 e. The Morgan fingerprint density at radius 2 is 2.10 bits per heavy atom. The largest absolute Gasteiger partial charge is 0.383 e. The van der Waals surface area contributed by atoms with Gasteiger partial charge >= 0.3 is 6.03 Å². The number of amides is 2. The van der Waals surface area contributed by atoms with Crippen LogP contribution in [0.3, 0.4) is 0 Å². The molecule has 0 radical (unpaired) electrons. The van der Waals surface area contributed by atoms with Gasteiger partial charge < -0.3 is 15.8 Å². The molecule has 1 fully saturated rings. The monoisotopic (exact) mass is 406 g/mol. The van der Waals surface area contributed by atoms with Crippen LogP contribution in [-0.4, -0.2) is 60.3 Å². The molecular weight excluding hydrogens is 380 g/mol. The lowest BCUT2D eigenvalue weighted by Gasteiger charge is -2.39. The number of pyridine rings is 2. The van der Waals surface area contributed by atoms with Gasteiger partial charge in [0.25, 0.3) is 0 Å². The number of aryl methyl sites for hydroxylation is 1. The van der Waals surface area contributed by atoms with Crippen LogP contribution in [0.5, 0.6) is 0 Å². The number of carbonyl (C=O) groups is 1. The third kappa shape index (κ3) is 4.34. The fraction of sp³-hybridized carbons (Fsp3) is 0.318. The first-order chi connectivity index (χ1) is 14.5. The highest BCUT2D eigenvalue weighted by molar-refractivity contribution is 5.97. The van der Waals surface area contributed by atoms with E-state index in [2.05, 4.69) is 25.5 Å². The Bertz CT molecular complexity index is 1060. The summed E-state index contributed by atoms with van der Waals surface area (Å²) in [5.41, 5.74) is 9.11. The topological polar surface area (TPSA) is 105 Å². The van der Waals surface area contributed by atoms with Gasteiger partial charge in [0, 0.05) is 43.9 Å². The molecule has 8 heteroatoms. The first-order valence-electron chi connectivity index (χ1n) is 9.94. The number of nitrogens with zero attached hydrogens (tertiary/aromatic N) is 3. The van der Waals surface area contributed by atoms with Crippen molar-refractivity contribution in [3.63, 3.8) is 0 Å². The quantitative estimate of drug-likeness (QED) is 0.581. The fourth-order valence-electron chi connectivity index (χ4n) is 3.64. The number of carbonyl (C=O) groups excluding carboxylic acids is 1. The summed E-state index contributed by atoms with van der Waals surface area (Å²) >= 11 is 0. The van der Waals surface area contributed by atoms with Crippen molar-refractivity contribution in [1.82, 2.24) is 20.2 Å². The van der Waals surface area contributed by atoms with Gasteiger partial charge in [-0.15, -0.1) is 0 Å². The highest BCUT2D eigenvalue weighted by atomic mass is 16.5. The number of benzene rings is 1.